The van der Waals surface area contributed by atoms with E-state index in [-0.39, 0.29) is 29.4 Å². The number of aromatic nitrogens is 3. The number of carbonyl (C=O) groups excluding carboxylic acids is 2. The fourth-order valence-corrected chi connectivity index (χ4v) is 3.49. The van der Waals surface area contributed by atoms with Crippen molar-refractivity contribution in [2.24, 2.45) is 0 Å². The Morgan fingerprint density at radius 1 is 1.30 bits per heavy atom. The van der Waals surface area contributed by atoms with Crippen molar-refractivity contribution in [3.8, 4) is 0 Å². The van der Waals surface area contributed by atoms with E-state index < -0.39 is 0 Å². The number of rotatable bonds is 7. The summed E-state index contributed by atoms with van der Waals surface area (Å²) in [7, 11) is 0. The van der Waals surface area contributed by atoms with Gasteiger partial charge in [-0.15, -0.1) is 5.10 Å². The number of benzene rings is 1. The van der Waals surface area contributed by atoms with Crippen LogP contribution in [0, 0.1) is 0 Å². The average molecular weight is 391 g/mol. The molecule has 0 aliphatic carbocycles. The number of anilines is 2. The number of carbonyl (C=O) groups is 2. The summed E-state index contributed by atoms with van der Waals surface area (Å²) in [6, 6.07) is 6.82. The van der Waals surface area contributed by atoms with Crippen LogP contribution in [0.3, 0.4) is 0 Å². The van der Waals surface area contributed by atoms with Crippen LogP contribution in [-0.4, -0.2) is 45.0 Å². The molecule has 0 unspecified atom stereocenters. The molecule has 27 heavy (non-hydrogen) atoms. The molecule has 1 aromatic heterocycles. The molecule has 9 nitrogen and oxygen atoms in total. The lowest BCUT2D eigenvalue weighted by Gasteiger charge is -2.11. The van der Waals surface area contributed by atoms with Crippen molar-refractivity contribution in [3.05, 3.63) is 34.7 Å². The minimum absolute atomic E-state index is 0.00982. The van der Waals surface area contributed by atoms with E-state index >= 15 is 0 Å². The summed E-state index contributed by atoms with van der Waals surface area (Å²) in [5, 5.41) is 12.3. The van der Waals surface area contributed by atoms with Crippen LogP contribution in [0.1, 0.15) is 19.8 Å². The Kier molecular flexibility index (Phi) is 6.30. The summed E-state index contributed by atoms with van der Waals surface area (Å²) in [4.78, 5) is 35.1. The Balaban J connectivity index is 1.53. The molecule has 0 bridgehead atoms. The molecule has 1 aromatic carbocycles. The van der Waals surface area contributed by atoms with Gasteiger partial charge in [-0.1, -0.05) is 11.8 Å². The Bertz CT molecular complexity index is 855. The zero-order valence-electron chi connectivity index (χ0n) is 14.9. The van der Waals surface area contributed by atoms with Crippen molar-refractivity contribution in [3.63, 3.8) is 0 Å². The summed E-state index contributed by atoms with van der Waals surface area (Å²) in [6.45, 7) is 2.58. The van der Waals surface area contributed by atoms with Crippen molar-refractivity contribution in [1.82, 2.24) is 14.8 Å². The number of hydrogen-bond acceptors (Lipinski definition) is 6. The molecule has 1 aliphatic rings. The first-order valence-corrected chi connectivity index (χ1v) is 9.57. The van der Waals surface area contributed by atoms with E-state index in [9.17, 15) is 14.4 Å². The number of ether oxygens (including phenoxy) is 1. The van der Waals surface area contributed by atoms with Gasteiger partial charge in [0.1, 0.15) is 0 Å². The lowest BCUT2D eigenvalue weighted by molar-refractivity contribution is -0.114. The van der Waals surface area contributed by atoms with E-state index in [1.165, 1.54) is 23.3 Å². The van der Waals surface area contributed by atoms with Gasteiger partial charge >= 0.3 is 5.69 Å². The Morgan fingerprint density at radius 2 is 2.00 bits per heavy atom. The average Bonchev–Trinajstić information content (AvgIpc) is 3.26. The van der Waals surface area contributed by atoms with Gasteiger partial charge in [-0.05, 0) is 37.1 Å². The highest BCUT2D eigenvalue weighted by Crippen LogP contribution is 2.19. The summed E-state index contributed by atoms with van der Waals surface area (Å²) >= 11 is 1.19. The smallest absolute Gasteiger partial charge is 0.344 e. The van der Waals surface area contributed by atoms with Gasteiger partial charge in [-0.25, -0.2) is 9.89 Å². The third-order valence-corrected chi connectivity index (χ3v) is 4.93. The first-order valence-electron chi connectivity index (χ1n) is 8.58. The second-order valence-corrected chi connectivity index (χ2v) is 7.09. The molecule has 1 saturated heterocycles. The molecule has 0 radical (unpaired) electrons. The van der Waals surface area contributed by atoms with Gasteiger partial charge in [0, 0.05) is 24.9 Å². The van der Waals surface area contributed by atoms with Crippen LogP contribution in [0.25, 0.3) is 0 Å². The SMILES string of the molecule is CC(=O)Nc1ccc(NC(=O)CSc2n[nH]c(=O)n2C[C@@H]2CCCO2)cc1. The van der Waals surface area contributed by atoms with Crippen molar-refractivity contribution in [2.75, 3.05) is 23.0 Å². The zero-order valence-corrected chi connectivity index (χ0v) is 15.7. The van der Waals surface area contributed by atoms with Crippen molar-refractivity contribution < 1.29 is 14.3 Å². The molecule has 2 aromatic rings. The van der Waals surface area contributed by atoms with E-state index in [0.29, 0.717) is 29.7 Å². The van der Waals surface area contributed by atoms with E-state index in [4.69, 9.17) is 4.74 Å². The number of amides is 2. The first kappa shape index (κ1) is 19.2. The largest absolute Gasteiger partial charge is 0.376 e. The summed E-state index contributed by atoms with van der Waals surface area (Å²) < 4.78 is 7.07. The number of nitrogens with one attached hydrogen (secondary N) is 3. The van der Waals surface area contributed by atoms with Crippen LogP contribution in [0.4, 0.5) is 11.4 Å². The van der Waals surface area contributed by atoms with Crippen LogP contribution in [0.2, 0.25) is 0 Å². The maximum absolute atomic E-state index is 12.2. The van der Waals surface area contributed by atoms with Crippen LogP contribution >= 0.6 is 11.8 Å². The van der Waals surface area contributed by atoms with Crippen LogP contribution in [0.15, 0.2) is 34.2 Å². The molecule has 0 saturated carbocycles. The highest BCUT2D eigenvalue weighted by molar-refractivity contribution is 7.99. The molecule has 1 fully saturated rings. The number of thioether (sulfide) groups is 1. The molecule has 1 atom stereocenters. The second-order valence-electron chi connectivity index (χ2n) is 6.15. The first-order chi connectivity index (χ1) is 13.0. The lowest BCUT2D eigenvalue weighted by atomic mass is 10.2. The lowest BCUT2D eigenvalue weighted by Crippen LogP contribution is -2.25. The molecule has 2 heterocycles. The summed E-state index contributed by atoms with van der Waals surface area (Å²) in [6.07, 6.45) is 1.91. The molecule has 0 spiro atoms. The number of nitrogens with zero attached hydrogens (tertiary/aromatic N) is 2. The number of H-pyrrole nitrogens is 1. The van der Waals surface area contributed by atoms with Gasteiger partial charge in [0.2, 0.25) is 11.8 Å². The number of hydrogen-bond donors (Lipinski definition) is 3. The van der Waals surface area contributed by atoms with Gasteiger partial charge in [0.15, 0.2) is 5.16 Å². The fourth-order valence-electron chi connectivity index (χ4n) is 2.73. The third-order valence-electron chi connectivity index (χ3n) is 3.95. The van der Waals surface area contributed by atoms with Gasteiger partial charge in [-0.3, -0.25) is 14.2 Å². The van der Waals surface area contributed by atoms with Gasteiger partial charge in [-0.2, -0.15) is 0 Å². The Morgan fingerprint density at radius 3 is 2.63 bits per heavy atom. The quantitative estimate of drug-likeness (QED) is 0.615. The van der Waals surface area contributed by atoms with Gasteiger partial charge in [0.25, 0.3) is 0 Å². The maximum atomic E-state index is 12.2. The molecule has 1 aliphatic heterocycles. The monoisotopic (exact) mass is 391 g/mol. The fraction of sp³-hybridized carbons (Fsp3) is 0.412. The van der Waals surface area contributed by atoms with Crippen LogP contribution < -0.4 is 16.3 Å². The van der Waals surface area contributed by atoms with Crippen LogP contribution in [-0.2, 0) is 20.9 Å². The predicted molar refractivity (Wildman–Crippen MR) is 102 cm³/mol. The summed E-state index contributed by atoms with van der Waals surface area (Å²) in [5.74, 6) is -0.258. The molecular weight excluding hydrogens is 370 g/mol. The predicted octanol–water partition coefficient (Wildman–Crippen LogP) is 1.44. The number of aromatic amines is 1. The van der Waals surface area contributed by atoms with E-state index in [1.807, 2.05) is 0 Å². The Hall–Kier alpha value is -2.59. The van der Waals surface area contributed by atoms with Gasteiger partial charge in [0.05, 0.1) is 18.4 Å². The van der Waals surface area contributed by atoms with E-state index in [1.54, 1.807) is 24.3 Å². The Labute approximate surface area is 159 Å². The third kappa shape index (κ3) is 5.44. The highest BCUT2D eigenvalue weighted by Gasteiger charge is 2.20. The zero-order chi connectivity index (χ0) is 19.2. The van der Waals surface area contributed by atoms with Crippen molar-refractivity contribution >= 4 is 35.0 Å². The molecule has 10 heteroatoms. The van der Waals surface area contributed by atoms with E-state index in [2.05, 4.69) is 20.8 Å². The molecule has 3 rings (SSSR count). The molecule has 2 amide bonds. The second kappa shape index (κ2) is 8.87. The minimum Gasteiger partial charge on any atom is -0.376 e. The van der Waals surface area contributed by atoms with Crippen molar-refractivity contribution in [1.29, 1.82) is 0 Å². The molecule has 144 valence electrons. The van der Waals surface area contributed by atoms with Crippen molar-refractivity contribution in [2.45, 2.75) is 37.6 Å². The standard InChI is InChI=1S/C17H21N5O4S/c1-11(23)18-12-4-6-13(7-5-12)19-15(24)10-27-17-21-20-16(25)22(17)9-14-3-2-8-26-14/h4-7,14H,2-3,8-10H2,1H3,(H,18,23)(H,19,24)(H,20,25)/t14-/m0/s1. The highest BCUT2D eigenvalue weighted by atomic mass is 32.2. The van der Waals surface area contributed by atoms with E-state index in [0.717, 1.165) is 12.8 Å². The van der Waals surface area contributed by atoms with Crippen LogP contribution in [0.5, 0.6) is 0 Å². The minimum atomic E-state index is -0.304. The normalized spacial score (nSPS) is 16.3. The van der Waals surface area contributed by atoms with Gasteiger partial charge < -0.3 is 15.4 Å². The molecule has 3 N–H and O–H groups in total. The summed E-state index contributed by atoms with van der Waals surface area (Å²) in [5.41, 5.74) is 0.972. The molecular formula is C17H21N5O4S. The maximum Gasteiger partial charge on any atom is 0.344 e. The topological polar surface area (TPSA) is 118 Å².